The summed E-state index contributed by atoms with van der Waals surface area (Å²) in [5, 5.41) is 4.72. The van der Waals surface area contributed by atoms with Crippen LogP contribution in [0.1, 0.15) is 10.6 Å². The van der Waals surface area contributed by atoms with Gasteiger partial charge in [0, 0.05) is 24.4 Å². The van der Waals surface area contributed by atoms with Crippen LogP contribution >= 0.6 is 11.3 Å². The largest absolute Gasteiger partial charge is 0.480 e. The van der Waals surface area contributed by atoms with E-state index in [2.05, 4.69) is 37.0 Å². The first-order valence-electron chi connectivity index (χ1n) is 7.10. The van der Waals surface area contributed by atoms with Gasteiger partial charge in [-0.1, -0.05) is 5.16 Å². The maximum absolute atomic E-state index is 5.34. The fraction of sp³-hybridized carbons (Fsp3) is 0.357. The minimum Gasteiger partial charge on any atom is -0.480 e. The summed E-state index contributed by atoms with van der Waals surface area (Å²) < 4.78 is 10.3. The molecule has 0 N–H and O–H groups in total. The molecule has 1 aliphatic heterocycles. The van der Waals surface area contributed by atoms with Crippen molar-refractivity contribution < 1.29 is 9.26 Å². The van der Waals surface area contributed by atoms with Crippen molar-refractivity contribution in [2.24, 2.45) is 0 Å². The molecular formula is C14H14N6O2S. The average molecular weight is 330 g/mol. The molecule has 118 valence electrons. The molecule has 0 amide bonds. The van der Waals surface area contributed by atoms with Crippen LogP contribution in [0.15, 0.2) is 16.9 Å². The van der Waals surface area contributed by atoms with Crippen LogP contribution in [0.5, 0.6) is 5.88 Å². The van der Waals surface area contributed by atoms with E-state index in [-0.39, 0.29) is 0 Å². The van der Waals surface area contributed by atoms with Crippen molar-refractivity contribution in [3.63, 3.8) is 0 Å². The molecule has 0 radical (unpaired) electrons. The van der Waals surface area contributed by atoms with Crippen molar-refractivity contribution in [3.05, 3.63) is 23.0 Å². The van der Waals surface area contributed by atoms with Crippen molar-refractivity contribution in [2.45, 2.75) is 13.0 Å². The van der Waals surface area contributed by atoms with Crippen molar-refractivity contribution in [1.82, 2.24) is 30.0 Å². The molecule has 9 heteroatoms. The highest BCUT2D eigenvalue weighted by atomic mass is 32.1. The molecular weight excluding hydrogens is 316 g/mol. The fourth-order valence-corrected chi connectivity index (χ4v) is 3.48. The lowest BCUT2D eigenvalue weighted by Gasteiger charge is -2.20. The van der Waals surface area contributed by atoms with Gasteiger partial charge in [0.2, 0.25) is 11.7 Å². The van der Waals surface area contributed by atoms with E-state index in [9.17, 15) is 0 Å². The van der Waals surface area contributed by atoms with Crippen LogP contribution in [0.4, 0.5) is 0 Å². The van der Waals surface area contributed by atoms with E-state index in [0.29, 0.717) is 23.3 Å². The van der Waals surface area contributed by atoms with Crippen molar-refractivity contribution >= 4 is 11.3 Å². The normalized spacial score (nSPS) is 14.7. The second-order valence-corrected chi connectivity index (χ2v) is 6.33. The highest BCUT2D eigenvalue weighted by molar-refractivity contribution is 7.15. The molecule has 0 fully saturated rings. The Labute approximate surface area is 136 Å². The SMILES string of the molecule is COc1cnc(-c2noc(-c3nc4c(s3)CN(C)CC4)n2)cn1. The van der Waals surface area contributed by atoms with Crippen LogP contribution in [0.3, 0.4) is 0 Å². The lowest BCUT2D eigenvalue weighted by atomic mass is 10.2. The molecule has 4 rings (SSSR count). The second-order valence-electron chi connectivity index (χ2n) is 5.24. The van der Waals surface area contributed by atoms with E-state index >= 15 is 0 Å². The molecule has 0 aromatic carbocycles. The smallest absolute Gasteiger partial charge is 0.287 e. The number of hydrogen-bond acceptors (Lipinski definition) is 9. The van der Waals surface area contributed by atoms with Gasteiger partial charge in [-0.25, -0.2) is 15.0 Å². The Balaban J connectivity index is 1.62. The molecule has 0 spiro atoms. The standard InChI is InChI=1S/C14H14N6O2S/c1-20-4-3-8-10(7-20)23-14(17-8)13-18-12(19-22-13)9-5-16-11(21-2)6-15-9/h5-6H,3-4,7H2,1-2H3. The summed E-state index contributed by atoms with van der Waals surface area (Å²) in [6.45, 7) is 1.94. The van der Waals surface area contributed by atoms with E-state index in [0.717, 1.165) is 30.2 Å². The Bertz CT molecular complexity index is 828. The summed E-state index contributed by atoms with van der Waals surface area (Å²) in [5.74, 6) is 1.24. The van der Waals surface area contributed by atoms with E-state index in [1.165, 1.54) is 18.2 Å². The van der Waals surface area contributed by atoms with Gasteiger partial charge in [0.15, 0.2) is 5.01 Å². The van der Waals surface area contributed by atoms with Gasteiger partial charge in [-0.15, -0.1) is 11.3 Å². The van der Waals surface area contributed by atoms with E-state index in [1.807, 2.05) is 0 Å². The Hall–Kier alpha value is -2.39. The Morgan fingerprint density at radius 2 is 2.17 bits per heavy atom. The molecule has 3 aromatic heterocycles. The minimum atomic E-state index is 0.389. The highest BCUT2D eigenvalue weighted by Gasteiger charge is 2.22. The maximum Gasteiger partial charge on any atom is 0.287 e. The zero-order valence-electron chi connectivity index (χ0n) is 12.7. The molecule has 23 heavy (non-hydrogen) atoms. The summed E-state index contributed by atoms with van der Waals surface area (Å²) in [5.41, 5.74) is 1.66. The van der Waals surface area contributed by atoms with Gasteiger partial charge in [0.1, 0.15) is 5.69 Å². The summed E-state index contributed by atoms with van der Waals surface area (Å²) in [4.78, 5) is 20.8. The molecule has 8 nitrogen and oxygen atoms in total. The Morgan fingerprint density at radius 3 is 2.96 bits per heavy atom. The van der Waals surface area contributed by atoms with Crippen molar-refractivity contribution in [1.29, 1.82) is 0 Å². The van der Waals surface area contributed by atoms with Gasteiger partial charge in [-0.2, -0.15) is 4.98 Å². The monoisotopic (exact) mass is 330 g/mol. The number of methoxy groups -OCH3 is 1. The highest BCUT2D eigenvalue weighted by Crippen LogP contribution is 2.31. The van der Waals surface area contributed by atoms with Crippen LogP contribution in [-0.4, -0.2) is 50.7 Å². The number of aromatic nitrogens is 5. The molecule has 0 aliphatic carbocycles. The lowest BCUT2D eigenvalue weighted by Crippen LogP contribution is -2.25. The number of thiazole rings is 1. The van der Waals surface area contributed by atoms with Crippen LogP contribution in [0.25, 0.3) is 22.4 Å². The number of hydrogen-bond donors (Lipinski definition) is 0. The van der Waals surface area contributed by atoms with Crippen molar-refractivity contribution in [3.8, 4) is 28.3 Å². The third kappa shape index (κ3) is 2.68. The first kappa shape index (κ1) is 14.2. The molecule has 0 atom stereocenters. The molecule has 0 bridgehead atoms. The summed E-state index contributed by atoms with van der Waals surface area (Å²) in [7, 11) is 3.65. The molecule has 1 aliphatic rings. The van der Waals surface area contributed by atoms with Gasteiger partial charge in [-0.05, 0) is 7.05 Å². The zero-order valence-corrected chi connectivity index (χ0v) is 13.5. The first-order chi connectivity index (χ1) is 11.2. The Morgan fingerprint density at radius 1 is 1.26 bits per heavy atom. The van der Waals surface area contributed by atoms with Gasteiger partial charge < -0.3 is 14.2 Å². The van der Waals surface area contributed by atoms with E-state index in [1.54, 1.807) is 17.5 Å². The Kier molecular flexibility index (Phi) is 3.50. The summed E-state index contributed by atoms with van der Waals surface area (Å²) in [6, 6.07) is 0. The van der Waals surface area contributed by atoms with E-state index < -0.39 is 0 Å². The summed E-state index contributed by atoms with van der Waals surface area (Å²) >= 11 is 1.60. The maximum atomic E-state index is 5.34. The number of rotatable bonds is 3. The third-order valence-corrected chi connectivity index (χ3v) is 4.67. The number of ether oxygens (including phenoxy) is 1. The average Bonchev–Trinajstić information content (AvgIpc) is 3.21. The molecule has 0 saturated carbocycles. The van der Waals surface area contributed by atoms with Crippen LogP contribution in [-0.2, 0) is 13.0 Å². The van der Waals surface area contributed by atoms with Gasteiger partial charge >= 0.3 is 0 Å². The quantitative estimate of drug-likeness (QED) is 0.716. The molecule has 3 aromatic rings. The van der Waals surface area contributed by atoms with Gasteiger partial charge in [0.05, 0.1) is 25.2 Å². The van der Waals surface area contributed by atoms with Crippen LogP contribution in [0, 0.1) is 0 Å². The van der Waals surface area contributed by atoms with Gasteiger partial charge in [-0.3, -0.25) is 0 Å². The summed E-state index contributed by atoms with van der Waals surface area (Å²) in [6.07, 6.45) is 4.02. The second kappa shape index (κ2) is 5.67. The molecule has 4 heterocycles. The predicted molar refractivity (Wildman–Crippen MR) is 83.0 cm³/mol. The van der Waals surface area contributed by atoms with Gasteiger partial charge in [0.25, 0.3) is 5.89 Å². The number of fused-ring (bicyclic) bond motifs is 1. The lowest BCUT2D eigenvalue weighted by molar-refractivity contribution is 0.314. The van der Waals surface area contributed by atoms with Crippen LogP contribution in [0.2, 0.25) is 0 Å². The minimum absolute atomic E-state index is 0.389. The predicted octanol–water partition coefficient (Wildman–Crippen LogP) is 1.65. The zero-order chi connectivity index (χ0) is 15.8. The van der Waals surface area contributed by atoms with Crippen molar-refractivity contribution in [2.75, 3.05) is 20.7 Å². The first-order valence-corrected chi connectivity index (χ1v) is 7.92. The van der Waals surface area contributed by atoms with Crippen LogP contribution < -0.4 is 4.74 Å². The molecule has 0 saturated heterocycles. The topological polar surface area (TPSA) is 90.1 Å². The number of nitrogens with zero attached hydrogens (tertiary/aromatic N) is 6. The number of likely N-dealkylation sites (N-methyl/N-ethyl adjacent to an activating group) is 1. The fourth-order valence-electron chi connectivity index (χ4n) is 2.37. The molecule has 0 unspecified atom stereocenters. The third-order valence-electron chi connectivity index (χ3n) is 3.60. The van der Waals surface area contributed by atoms with E-state index in [4.69, 9.17) is 9.26 Å².